The smallest absolute Gasteiger partial charge is 0.230 e. The largest absolute Gasteiger partial charge is 0.496 e. The maximum atomic E-state index is 12.5. The van der Waals surface area contributed by atoms with Crippen molar-refractivity contribution in [2.75, 3.05) is 26.7 Å². The summed E-state index contributed by atoms with van der Waals surface area (Å²) in [6.07, 6.45) is 1.88. The second-order valence-corrected chi connectivity index (χ2v) is 6.00. The molecule has 0 radical (unpaired) electrons. The van der Waals surface area contributed by atoms with Gasteiger partial charge in [0.1, 0.15) is 5.75 Å². The van der Waals surface area contributed by atoms with Crippen molar-refractivity contribution in [3.63, 3.8) is 0 Å². The van der Waals surface area contributed by atoms with E-state index < -0.39 is 0 Å². The molecule has 2 aliphatic rings. The molecule has 3 rings (SSSR count). The van der Waals surface area contributed by atoms with Gasteiger partial charge in [-0.2, -0.15) is 0 Å². The normalized spacial score (nSPS) is 20.1. The molecular weight excluding hydrogens is 252 g/mol. The molecule has 0 aromatic heterocycles. The molecule has 4 nitrogen and oxygen atoms in total. The van der Waals surface area contributed by atoms with E-state index in [1.54, 1.807) is 7.11 Å². The van der Waals surface area contributed by atoms with Crippen molar-refractivity contribution in [2.45, 2.75) is 25.2 Å². The fourth-order valence-corrected chi connectivity index (χ4v) is 2.79. The van der Waals surface area contributed by atoms with Crippen LogP contribution in [0.5, 0.6) is 5.75 Å². The number of carbonyl (C=O) groups is 1. The average molecular weight is 274 g/mol. The fraction of sp³-hybridized carbons (Fsp3) is 0.562. The Balaban J connectivity index is 1.72. The summed E-state index contributed by atoms with van der Waals surface area (Å²) < 4.78 is 5.37. The molecule has 1 amide bonds. The van der Waals surface area contributed by atoms with Crippen molar-refractivity contribution >= 4 is 5.91 Å². The number of ether oxygens (including phenoxy) is 1. The lowest BCUT2D eigenvalue weighted by atomic mass is 9.93. The standard InChI is InChI=1S/C16H22N2O2/c1-11-3-4-13(7-14(11)20-2)16(5-6-16)15(19)18-10-12-8-17-9-12/h3-4,7,12,17H,5-6,8-10H2,1-2H3,(H,18,19). The number of amides is 1. The number of methoxy groups -OCH3 is 1. The molecule has 1 aliphatic carbocycles. The third-order valence-electron chi connectivity index (χ3n) is 4.56. The van der Waals surface area contributed by atoms with Gasteiger partial charge in [-0.25, -0.2) is 0 Å². The lowest BCUT2D eigenvalue weighted by molar-refractivity contribution is -0.123. The number of benzene rings is 1. The number of carbonyl (C=O) groups excluding carboxylic acids is 1. The molecule has 0 unspecified atom stereocenters. The fourth-order valence-electron chi connectivity index (χ4n) is 2.79. The zero-order valence-corrected chi connectivity index (χ0v) is 12.2. The lowest BCUT2D eigenvalue weighted by Crippen LogP contribution is -2.49. The van der Waals surface area contributed by atoms with E-state index in [1.165, 1.54) is 0 Å². The maximum Gasteiger partial charge on any atom is 0.230 e. The molecule has 1 aliphatic heterocycles. The van der Waals surface area contributed by atoms with E-state index in [0.29, 0.717) is 5.92 Å². The topological polar surface area (TPSA) is 50.4 Å². The van der Waals surface area contributed by atoms with Crippen molar-refractivity contribution in [2.24, 2.45) is 5.92 Å². The van der Waals surface area contributed by atoms with Gasteiger partial charge >= 0.3 is 0 Å². The van der Waals surface area contributed by atoms with E-state index in [4.69, 9.17) is 4.74 Å². The van der Waals surface area contributed by atoms with Gasteiger partial charge in [0, 0.05) is 25.6 Å². The number of nitrogens with one attached hydrogen (secondary N) is 2. The van der Waals surface area contributed by atoms with E-state index in [9.17, 15) is 4.79 Å². The van der Waals surface area contributed by atoms with Crippen molar-refractivity contribution in [1.29, 1.82) is 0 Å². The van der Waals surface area contributed by atoms with Gasteiger partial charge in [-0.3, -0.25) is 4.79 Å². The van der Waals surface area contributed by atoms with E-state index >= 15 is 0 Å². The van der Waals surface area contributed by atoms with Gasteiger partial charge in [0.05, 0.1) is 12.5 Å². The molecule has 2 N–H and O–H groups in total. The van der Waals surface area contributed by atoms with Crippen molar-refractivity contribution in [3.05, 3.63) is 29.3 Å². The molecule has 1 heterocycles. The summed E-state index contributed by atoms with van der Waals surface area (Å²) in [6, 6.07) is 6.12. The van der Waals surface area contributed by atoms with Crippen LogP contribution in [-0.2, 0) is 10.2 Å². The first-order valence-corrected chi connectivity index (χ1v) is 7.30. The Hall–Kier alpha value is -1.55. The number of rotatable bonds is 5. The molecular formula is C16H22N2O2. The quantitative estimate of drug-likeness (QED) is 0.852. The van der Waals surface area contributed by atoms with Gasteiger partial charge in [-0.1, -0.05) is 12.1 Å². The van der Waals surface area contributed by atoms with Crippen molar-refractivity contribution < 1.29 is 9.53 Å². The highest BCUT2D eigenvalue weighted by atomic mass is 16.5. The Morgan fingerprint density at radius 1 is 1.45 bits per heavy atom. The third-order valence-corrected chi connectivity index (χ3v) is 4.56. The maximum absolute atomic E-state index is 12.5. The zero-order valence-electron chi connectivity index (χ0n) is 12.2. The number of aryl methyl sites for hydroxylation is 1. The SMILES string of the molecule is COc1cc(C2(C(=O)NCC3CNC3)CC2)ccc1C. The number of hydrogen-bond acceptors (Lipinski definition) is 3. The van der Waals surface area contributed by atoms with Gasteiger partial charge in [-0.15, -0.1) is 0 Å². The first-order valence-electron chi connectivity index (χ1n) is 7.30. The summed E-state index contributed by atoms with van der Waals surface area (Å²) >= 11 is 0. The monoisotopic (exact) mass is 274 g/mol. The molecule has 108 valence electrons. The summed E-state index contributed by atoms with van der Waals surface area (Å²) in [6.45, 7) is 4.85. The van der Waals surface area contributed by atoms with Crippen LogP contribution in [0.1, 0.15) is 24.0 Å². The van der Waals surface area contributed by atoms with Crippen LogP contribution in [0.2, 0.25) is 0 Å². The molecule has 2 fully saturated rings. The van der Waals surface area contributed by atoms with E-state index in [0.717, 1.165) is 49.4 Å². The minimum absolute atomic E-state index is 0.176. The highest BCUT2D eigenvalue weighted by Gasteiger charge is 2.51. The molecule has 1 saturated heterocycles. The molecule has 0 spiro atoms. The van der Waals surface area contributed by atoms with Gasteiger partial charge < -0.3 is 15.4 Å². The first kappa shape index (κ1) is 13.4. The molecule has 1 aromatic carbocycles. The Morgan fingerprint density at radius 2 is 2.20 bits per heavy atom. The highest BCUT2D eigenvalue weighted by Crippen LogP contribution is 2.49. The Labute approximate surface area is 119 Å². The third kappa shape index (κ3) is 2.29. The van der Waals surface area contributed by atoms with E-state index in [1.807, 2.05) is 19.1 Å². The van der Waals surface area contributed by atoms with Crippen LogP contribution in [-0.4, -0.2) is 32.7 Å². The Kier molecular flexibility index (Phi) is 3.42. The Bertz CT molecular complexity index is 519. The molecule has 4 heteroatoms. The van der Waals surface area contributed by atoms with Crippen LogP contribution >= 0.6 is 0 Å². The van der Waals surface area contributed by atoms with Crippen LogP contribution in [0, 0.1) is 12.8 Å². The summed E-state index contributed by atoms with van der Waals surface area (Å²) in [5, 5.41) is 6.34. The van der Waals surface area contributed by atoms with E-state index in [-0.39, 0.29) is 11.3 Å². The minimum Gasteiger partial charge on any atom is -0.496 e. The van der Waals surface area contributed by atoms with Crippen LogP contribution in [0.4, 0.5) is 0 Å². The van der Waals surface area contributed by atoms with Crippen LogP contribution in [0.25, 0.3) is 0 Å². The Morgan fingerprint density at radius 3 is 2.75 bits per heavy atom. The molecule has 1 aromatic rings. The predicted molar refractivity (Wildman–Crippen MR) is 78.0 cm³/mol. The molecule has 1 saturated carbocycles. The molecule has 20 heavy (non-hydrogen) atoms. The summed E-state index contributed by atoms with van der Waals surface area (Å²) in [5.41, 5.74) is 1.88. The lowest BCUT2D eigenvalue weighted by Gasteiger charge is -2.28. The zero-order chi connectivity index (χ0) is 14.2. The van der Waals surface area contributed by atoms with Crippen LogP contribution in [0.3, 0.4) is 0 Å². The molecule has 0 atom stereocenters. The minimum atomic E-state index is -0.307. The van der Waals surface area contributed by atoms with Crippen LogP contribution < -0.4 is 15.4 Å². The predicted octanol–water partition coefficient (Wildman–Crippen LogP) is 1.37. The van der Waals surface area contributed by atoms with Crippen LogP contribution in [0.15, 0.2) is 18.2 Å². The second kappa shape index (κ2) is 5.09. The van der Waals surface area contributed by atoms with E-state index in [2.05, 4.69) is 16.7 Å². The highest BCUT2D eigenvalue weighted by molar-refractivity contribution is 5.91. The first-order chi connectivity index (χ1) is 9.65. The van der Waals surface area contributed by atoms with Gasteiger partial charge in [0.15, 0.2) is 0 Å². The van der Waals surface area contributed by atoms with Gasteiger partial charge in [-0.05, 0) is 37.0 Å². The number of hydrogen-bond donors (Lipinski definition) is 2. The summed E-state index contributed by atoms with van der Waals surface area (Å²) in [5.74, 6) is 1.64. The summed E-state index contributed by atoms with van der Waals surface area (Å²) in [7, 11) is 1.68. The molecule has 0 bridgehead atoms. The second-order valence-electron chi connectivity index (χ2n) is 6.00. The van der Waals surface area contributed by atoms with Gasteiger partial charge in [0.2, 0.25) is 5.91 Å². The average Bonchev–Trinajstić information content (AvgIpc) is 3.19. The van der Waals surface area contributed by atoms with Crippen molar-refractivity contribution in [1.82, 2.24) is 10.6 Å². The van der Waals surface area contributed by atoms with Crippen molar-refractivity contribution in [3.8, 4) is 5.75 Å². The summed E-state index contributed by atoms with van der Waals surface area (Å²) in [4.78, 5) is 12.5. The van der Waals surface area contributed by atoms with Gasteiger partial charge in [0.25, 0.3) is 0 Å².